The van der Waals surface area contributed by atoms with Crippen LogP contribution in [-0.4, -0.2) is 84.1 Å². The van der Waals surface area contributed by atoms with Crippen molar-refractivity contribution in [1.82, 2.24) is 25.1 Å². The highest BCUT2D eigenvalue weighted by molar-refractivity contribution is 5.78. The van der Waals surface area contributed by atoms with Gasteiger partial charge in [-0.15, -0.1) is 0 Å². The smallest absolute Gasteiger partial charge is 0.353 e. The topological polar surface area (TPSA) is 64.6 Å². The predicted molar refractivity (Wildman–Crippen MR) is 147 cm³/mol. The Labute approximate surface area is 229 Å². The third-order valence-electron chi connectivity index (χ3n) is 8.09. The number of anilines is 1. The summed E-state index contributed by atoms with van der Waals surface area (Å²) in [5.41, 5.74) is -0.367. The molecule has 1 atom stereocenters. The van der Waals surface area contributed by atoms with Gasteiger partial charge in [0.25, 0.3) is 0 Å². The summed E-state index contributed by atoms with van der Waals surface area (Å²) in [6, 6.07) is 6.03. The molecule has 214 valence electrons. The van der Waals surface area contributed by atoms with Crippen LogP contribution in [0.2, 0.25) is 0 Å². The number of piperidine rings is 1. The number of benzene rings is 1. The summed E-state index contributed by atoms with van der Waals surface area (Å²) < 4.78 is 40.6. The van der Waals surface area contributed by atoms with Crippen molar-refractivity contribution in [2.24, 2.45) is 5.92 Å². The molecule has 2 aliphatic heterocycles. The average molecular weight is 547 g/mol. The summed E-state index contributed by atoms with van der Waals surface area (Å²) in [6.07, 6.45) is 2.95. The Kier molecular flexibility index (Phi) is 9.48. The Bertz CT molecular complexity index is 1060. The van der Waals surface area contributed by atoms with E-state index in [2.05, 4.69) is 45.9 Å². The van der Waals surface area contributed by atoms with Gasteiger partial charge in [0.2, 0.25) is 5.91 Å². The van der Waals surface area contributed by atoms with Gasteiger partial charge in [-0.3, -0.25) is 14.7 Å². The van der Waals surface area contributed by atoms with Gasteiger partial charge in [-0.2, -0.15) is 13.2 Å². The minimum absolute atomic E-state index is 0.0849. The first-order valence-corrected chi connectivity index (χ1v) is 14.0. The summed E-state index contributed by atoms with van der Waals surface area (Å²) in [4.78, 5) is 27.9. The molecule has 0 aliphatic carbocycles. The van der Waals surface area contributed by atoms with Gasteiger partial charge in [-0.1, -0.05) is 32.0 Å². The third-order valence-corrected chi connectivity index (χ3v) is 8.09. The standard InChI is InChI=1S/C29H41F3N6O/c1-22(2)17-23(3)35-21-28(24-5-4-6-25(18-24)29(30,31)32)7-11-38(12-8-28)27(39)20-36-13-15-37(16-14-36)26-19-33-9-10-34-26/h4-6,9-10,18-19,22-23,35H,7-8,11-17,20-21H2,1-3H3. The quantitative estimate of drug-likeness (QED) is 0.509. The van der Waals surface area contributed by atoms with Crippen LogP contribution < -0.4 is 10.2 Å². The van der Waals surface area contributed by atoms with Crippen molar-refractivity contribution in [3.8, 4) is 0 Å². The number of hydrogen-bond donors (Lipinski definition) is 1. The van der Waals surface area contributed by atoms with E-state index in [-0.39, 0.29) is 11.9 Å². The van der Waals surface area contributed by atoms with Gasteiger partial charge in [-0.05, 0) is 43.7 Å². The molecule has 2 fully saturated rings. The minimum atomic E-state index is -4.39. The van der Waals surface area contributed by atoms with E-state index in [9.17, 15) is 18.0 Å². The fourth-order valence-corrected chi connectivity index (χ4v) is 5.82. The van der Waals surface area contributed by atoms with Gasteiger partial charge in [0.05, 0.1) is 18.3 Å². The summed E-state index contributed by atoms with van der Waals surface area (Å²) >= 11 is 0. The number of nitrogens with one attached hydrogen (secondary N) is 1. The average Bonchev–Trinajstić information content (AvgIpc) is 2.92. The molecule has 4 rings (SSSR count). The van der Waals surface area contributed by atoms with Crippen molar-refractivity contribution in [2.75, 3.05) is 57.3 Å². The summed E-state index contributed by atoms with van der Waals surface area (Å²) in [5, 5.41) is 3.60. The zero-order valence-corrected chi connectivity index (χ0v) is 23.3. The second kappa shape index (κ2) is 12.6. The van der Waals surface area contributed by atoms with E-state index in [0.717, 1.165) is 44.5 Å². The molecule has 0 saturated carbocycles. The van der Waals surface area contributed by atoms with E-state index in [1.807, 2.05) is 11.0 Å². The number of piperazine rings is 1. The molecule has 1 N–H and O–H groups in total. The maximum Gasteiger partial charge on any atom is 0.416 e. The van der Waals surface area contributed by atoms with Gasteiger partial charge in [0, 0.05) is 69.7 Å². The number of carbonyl (C=O) groups is 1. The lowest BCUT2D eigenvalue weighted by atomic mass is 9.72. The Morgan fingerprint density at radius 3 is 2.38 bits per heavy atom. The van der Waals surface area contributed by atoms with Gasteiger partial charge >= 0.3 is 6.18 Å². The molecule has 0 radical (unpaired) electrons. The summed E-state index contributed by atoms with van der Waals surface area (Å²) in [6.45, 7) is 11.6. The first-order chi connectivity index (χ1) is 18.6. The fourth-order valence-electron chi connectivity index (χ4n) is 5.82. The maximum absolute atomic E-state index is 13.5. The van der Waals surface area contributed by atoms with Crippen molar-refractivity contribution < 1.29 is 18.0 Å². The number of nitrogens with zero attached hydrogens (tertiary/aromatic N) is 5. The van der Waals surface area contributed by atoms with Crippen LogP contribution in [0.25, 0.3) is 0 Å². The van der Waals surface area contributed by atoms with Crippen LogP contribution >= 0.6 is 0 Å². The van der Waals surface area contributed by atoms with Crippen molar-refractivity contribution in [3.63, 3.8) is 0 Å². The SMILES string of the molecule is CC(C)CC(C)NCC1(c2cccc(C(F)(F)F)c2)CCN(C(=O)CN2CCN(c3cnccn3)CC2)CC1. The molecule has 7 nitrogen and oxygen atoms in total. The van der Waals surface area contributed by atoms with E-state index in [0.29, 0.717) is 50.5 Å². The van der Waals surface area contributed by atoms with E-state index >= 15 is 0 Å². The highest BCUT2D eigenvalue weighted by Crippen LogP contribution is 2.38. The predicted octanol–water partition coefficient (Wildman–Crippen LogP) is 4.20. The van der Waals surface area contributed by atoms with Gasteiger partial charge in [-0.25, -0.2) is 4.98 Å². The second-order valence-corrected chi connectivity index (χ2v) is 11.5. The minimum Gasteiger partial charge on any atom is -0.353 e. The van der Waals surface area contributed by atoms with E-state index in [1.165, 1.54) is 12.1 Å². The number of carbonyl (C=O) groups excluding carboxylic acids is 1. The molecule has 1 aromatic carbocycles. The number of halogens is 3. The van der Waals surface area contributed by atoms with Gasteiger partial charge in [0.1, 0.15) is 5.82 Å². The molecule has 2 aromatic rings. The van der Waals surface area contributed by atoms with Crippen LogP contribution in [-0.2, 0) is 16.4 Å². The van der Waals surface area contributed by atoms with Crippen LogP contribution in [0.4, 0.5) is 19.0 Å². The van der Waals surface area contributed by atoms with E-state index in [4.69, 9.17) is 0 Å². The van der Waals surface area contributed by atoms with Gasteiger partial charge in [0.15, 0.2) is 0 Å². The highest BCUT2D eigenvalue weighted by atomic mass is 19.4. The lowest BCUT2D eigenvalue weighted by Crippen LogP contribution is -2.54. The Morgan fingerprint density at radius 1 is 1.05 bits per heavy atom. The Balaban J connectivity index is 1.38. The molecule has 3 heterocycles. The zero-order chi connectivity index (χ0) is 28.0. The van der Waals surface area contributed by atoms with Crippen molar-refractivity contribution in [2.45, 2.75) is 57.7 Å². The number of hydrogen-bond acceptors (Lipinski definition) is 6. The van der Waals surface area contributed by atoms with E-state index < -0.39 is 17.2 Å². The van der Waals surface area contributed by atoms with Crippen LogP contribution in [0, 0.1) is 5.92 Å². The van der Waals surface area contributed by atoms with Crippen LogP contribution in [0.1, 0.15) is 51.2 Å². The van der Waals surface area contributed by atoms with E-state index in [1.54, 1.807) is 18.6 Å². The first-order valence-electron chi connectivity index (χ1n) is 14.0. The van der Waals surface area contributed by atoms with Crippen LogP contribution in [0.15, 0.2) is 42.9 Å². The third kappa shape index (κ3) is 7.69. The molecular formula is C29H41F3N6O. The molecule has 1 unspecified atom stereocenters. The normalized spacial score (nSPS) is 19.4. The van der Waals surface area contributed by atoms with Crippen LogP contribution in [0.5, 0.6) is 0 Å². The van der Waals surface area contributed by atoms with Crippen molar-refractivity contribution >= 4 is 11.7 Å². The molecular weight excluding hydrogens is 505 g/mol. The molecule has 2 saturated heterocycles. The second-order valence-electron chi connectivity index (χ2n) is 11.5. The molecule has 1 aromatic heterocycles. The molecule has 39 heavy (non-hydrogen) atoms. The first kappa shape index (κ1) is 29.3. The number of rotatable bonds is 9. The largest absolute Gasteiger partial charge is 0.416 e. The fraction of sp³-hybridized carbons (Fsp3) is 0.621. The zero-order valence-electron chi connectivity index (χ0n) is 23.3. The number of amides is 1. The van der Waals surface area contributed by atoms with Crippen LogP contribution in [0.3, 0.4) is 0 Å². The molecule has 10 heteroatoms. The Morgan fingerprint density at radius 2 is 1.77 bits per heavy atom. The lowest BCUT2D eigenvalue weighted by molar-refractivity contribution is -0.137. The number of aromatic nitrogens is 2. The van der Waals surface area contributed by atoms with Crippen molar-refractivity contribution in [3.05, 3.63) is 54.0 Å². The molecule has 0 bridgehead atoms. The maximum atomic E-state index is 13.5. The molecule has 1 amide bonds. The molecule has 0 spiro atoms. The van der Waals surface area contributed by atoms with Gasteiger partial charge < -0.3 is 15.1 Å². The monoisotopic (exact) mass is 546 g/mol. The lowest BCUT2D eigenvalue weighted by Gasteiger charge is -2.44. The summed E-state index contributed by atoms with van der Waals surface area (Å²) in [7, 11) is 0. The Hall–Kier alpha value is -2.72. The van der Waals surface area contributed by atoms with Crippen molar-refractivity contribution in [1.29, 1.82) is 0 Å². The summed E-state index contributed by atoms with van der Waals surface area (Å²) in [5.74, 6) is 1.46. The molecule has 2 aliphatic rings. The highest BCUT2D eigenvalue weighted by Gasteiger charge is 2.40. The number of likely N-dealkylation sites (tertiary alicyclic amines) is 1. The number of alkyl halides is 3.